The van der Waals surface area contributed by atoms with E-state index in [1.165, 1.54) is 10.3 Å². The second-order valence-electron chi connectivity index (χ2n) is 5.05. The van der Waals surface area contributed by atoms with Gasteiger partial charge in [0, 0.05) is 45.1 Å². The van der Waals surface area contributed by atoms with Crippen LogP contribution in [0.4, 0.5) is 5.69 Å². The molecular weight excluding hydrogens is 256 g/mol. The molecule has 1 fully saturated rings. The Morgan fingerprint density at radius 3 is 2.95 bits per heavy atom. The fourth-order valence-electron chi connectivity index (χ4n) is 2.47. The Balaban J connectivity index is 2.03. The Bertz CT molecular complexity index is 614. The molecule has 4 heteroatoms. The average Bonchev–Trinajstić information content (AvgIpc) is 2.78. The standard InChI is InChI=1S/C15H18N2OS/c1-9-7-11-12(8-17-9)13(16)3-4-15(11)19-14-5-6-18-10(14)2/h3-4,7-8,10,14H,5-6,16H2,1-2H3. The van der Waals surface area contributed by atoms with Gasteiger partial charge >= 0.3 is 0 Å². The Morgan fingerprint density at radius 1 is 1.37 bits per heavy atom. The van der Waals surface area contributed by atoms with Gasteiger partial charge in [-0.1, -0.05) is 0 Å². The van der Waals surface area contributed by atoms with E-state index >= 15 is 0 Å². The summed E-state index contributed by atoms with van der Waals surface area (Å²) in [5.74, 6) is 0. The van der Waals surface area contributed by atoms with Gasteiger partial charge in [0.15, 0.2) is 0 Å². The first-order chi connectivity index (χ1) is 9.15. The van der Waals surface area contributed by atoms with E-state index in [2.05, 4.69) is 24.0 Å². The number of pyridine rings is 1. The number of hydrogen-bond donors (Lipinski definition) is 1. The molecule has 0 bridgehead atoms. The van der Waals surface area contributed by atoms with E-state index in [-0.39, 0.29) is 0 Å². The summed E-state index contributed by atoms with van der Waals surface area (Å²) < 4.78 is 5.64. The number of thioether (sulfide) groups is 1. The number of aromatic nitrogens is 1. The van der Waals surface area contributed by atoms with Gasteiger partial charge in [0.25, 0.3) is 0 Å². The summed E-state index contributed by atoms with van der Waals surface area (Å²) in [6, 6.07) is 6.21. The van der Waals surface area contributed by atoms with Gasteiger partial charge in [-0.25, -0.2) is 0 Å². The molecule has 1 aromatic carbocycles. The molecule has 1 saturated heterocycles. The maximum absolute atomic E-state index is 6.04. The molecule has 0 aliphatic carbocycles. The number of fused-ring (bicyclic) bond motifs is 1. The first kappa shape index (κ1) is 12.8. The molecule has 0 saturated carbocycles. The fourth-order valence-corrected chi connectivity index (χ4v) is 3.72. The van der Waals surface area contributed by atoms with Crippen LogP contribution in [-0.2, 0) is 4.74 Å². The van der Waals surface area contributed by atoms with Crippen LogP contribution in [0.15, 0.2) is 29.3 Å². The zero-order valence-corrected chi connectivity index (χ0v) is 12.0. The molecule has 1 aromatic heterocycles. The predicted octanol–water partition coefficient (Wildman–Crippen LogP) is 3.39. The number of nitrogens with two attached hydrogens (primary N) is 1. The van der Waals surface area contributed by atoms with Crippen LogP contribution in [0.2, 0.25) is 0 Å². The van der Waals surface area contributed by atoms with Crippen molar-refractivity contribution < 1.29 is 4.74 Å². The van der Waals surface area contributed by atoms with E-state index in [1.54, 1.807) is 0 Å². The van der Waals surface area contributed by atoms with E-state index in [9.17, 15) is 0 Å². The number of rotatable bonds is 2. The predicted molar refractivity (Wildman–Crippen MR) is 80.6 cm³/mol. The number of aryl methyl sites for hydroxylation is 1. The monoisotopic (exact) mass is 274 g/mol. The molecule has 0 radical (unpaired) electrons. The zero-order valence-electron chi connectivity index (χ0n) is 11.2. The Labute approximate surface area is 117 Å². The summed E-state index contributed by atoms with van der Waals surface area (Å²) in [6.07, 6.45) is 3.31. The smallest absolute Gasteiger partial charge is 0.0669 e. The van der Waals surface area contributed by atoms with Crippen molar-refractivity contribution in [2.45, 2.75) is 36.5 Å². The maximum atomic E-state index is 6.04. The SMILES string of the molecule is Cc1cc2c(SC3CCOC3C)ccc(N)c2cn1. The van der Waals surface area contributed by atoms with Crippen LogP contribution in [0.25, 0.3) is 10.8 Å². The Hall–Kier alpha value is -1.26. The summed E-state index contributed by atoms with van der Waals surface area (Å²) >= 11 is 1.90. The highest BCUT2D eigenvalue weighted by Gasteiger charge is 2.25. The molecular formula is C15H18N2OS. The molecule has 2 atom stereocenters. The van der Waals surface area contributed by atoms with Gasteiger partial charge in [-0.2, -0.15) is 0 Å². The molecule has 2 N–H and O–H groups in total. The molecule has 2 heterocycles. The number of nitrogen functional groups attached to an aromatic ring is 1. The summed E-state index contributed by atoms with van der Waals surface area (Å²) in [4.78, 5) is 5.62. The van der Waals surface area contributed by atoms with E-state index in [0.29, 0.717) is 11.4 Å². The van der Waals surface area contributed by atoms with E-state index in [1.807, 2.05) is 30.9 Å². The van der Waals surface area contributed by atoms with Crippen LogP contribution < -0.4 is 5.73 Å². The van der Waals surface area contributed by atoms with Crippen LogP contribution >= 0.6 is 11.8 Å². The molecule has 2 unspecified atom stereocenters. The lowest BCUT2D eigenvalue weighted by molar-refractivity contribution is 0.127. The van der Waals surface area contributed by atoms with Crippen LogP contribution in [0.5, 0.6) is 0 Å². The van der Waals surface area contributed by atoms with Crippen molar-refractivity contribution in [2.75, 3.05) is 12.3 Å². The average molecular weight is 274 g/mol. The van der Waals surface area contributed by atoms with Crippen LogP contribution in [0.3, 0.4) is 0 Å². The van der Waals surface area contributed by atoms with Crippen molar-refractivity contribution in [3.8, 4) is 0 Å². The van der Waals surface area contributed by atoms with Gasteiger partial charge in [0.2, 0.25) is 0 Å². The number of hydrogen-bond acceptors (Lipinski definition) is 4. The lowest BCUT2D eigenvalue weighted by Crippen LogP contribution is -2.13. The van der Waals surface area contributed by atoms with Gasteiger partial charge in [-0.15, -0.1) is 11.8 Å². The van der Waals surface area contributed by atoms with Crippen molar-refractivity contribution in [1.82, 2.24) is 4.98 Å². The van der Waals surface area contributed by atoms with Crippen molar-refractivity contribution in [2.24, 2.45) is 0 Å². The summed E-state index contributed by atoms with van der Waals surface area (Å²) in [7, 11) is 0. The van der Waals surface area contributed by atoms with Crippen LogP contribution in [-0.4, -0.2) is 22.9 Å². The van der Waals surface area contributed by atoms with Gasteiger partial charge in [-0.3, -0.25) is 4.98 Å². The summed E-state index contributed by atoms with van der Waals surface area (Å²) in [5, 5.41) is 2.78. The number of benzene rings is 1. The van der Waals surface area contributed by atoms with Crippen LogP contribution in [0.1, 0.15) is 19.0 Å². The third-order valence-electron chi connectivity index (χ3n) is 3.62. The highest BCUT2D eigenvalue weighted by atomic mass is 32.2. The van der Waals surface area contributed by atoms with Crippen LogP contribution in [0, 0.1) is 6.92 Å². The molecule has 2 aromatic rings. The second-order valence-corrected chi connectivity index (χ2v) is 6.33. The van der Waals surface area contributed by atoms with E-state index in [0.717, 1.165) is 29.8 Å². The summed E-state index contributed by atoms with van der Waals surface area (Å²) in [6.45, 7) is 5.03. The van der Waals surface area contributed by atoms with Gasteiger partial charge < -0.3 is 10.5 Å². The molecule has 19 heavy (non-hydrogen) atoms. The number of nitrogens with zero attached hydrogens (tertiary/aromatic N) is 1. The molecule has 100 valence electrons. The fraction of sp³-hybridized carbons (Fsp3) is 0.400. The molecule has 1 aliphatic heterocycles. The number of ether oxygens (including phenoxy) is 1. The normalized spacial score (nSPS) is 23.1. The lowest BCUT2D eigenvalue weighted by atomic mass is 10.1. The minimum Gasteiger partial charge on any atom is -0.398 e. The van der Waals surface area contributed by atoms with E-state index < -0.39 is 0 Å². The molecule has 1 aliphatic rings. The zero-order chi connectivity index (χ0) is 13.4. The molecule has 0 amide bonds. The highest BCUT2D eigenvalue weighted by Crippen LogP contribution is 2.38. The van der Waals surface area contributed by atoms with Gasteiger partial charge in [0.05, 0.1) is 6.10 Å². The summed E-state index contributed by atoms with van der Waals surface area (Å²) in [5.41, 5.74) is 7.85. The lowest BCUT2D eigenvalue weighted by Gasteiger charge is -2.15. The second kappa shape index (κ2) is 5.02. The largest absolute Gasteiger partial charge is 0.398 e. The first-order valence-corrected chi connectivity index (χ1v) is 7.46. The maximum Gasteiger partial charge on any atom is 0.0669 e. The van der Waals surface area contributed by atoms with Gasteiger partial charge in [0.1, 0.15) is 0 Å². The minimum atomic E-state index is 0.320. The Morgan fingerprint density at radius 2 is 2.21 bits per heavy atom. The Kier molecular flexibility index (Phi) is 3.37. The molecule has 3 rings (SSSR count). The van der Waals surface area contributed by atoms with Crippen molar-refractivity contribution >= 4 is 28.2 Å². The van der Waals surface area contributed by atoms with E-state index in [4.69, 9.17) is 10.5 Å². The van der Waals surface area contributed by atoms with Crippen molar-refractivity contribution in [1.29, 1.82) is 0 Å². The topological polar surface area (TPSA) is 48.1 Å². The quantitative estimate of drug-likeness (QED) is 0.853. The molecule has 3 nitrogen and oxygen atoms in total. The molecule has 0 spiro atoms. The number of anilines is 1. The first-order valence-electron chi connectivity index (χ1n) is 6.58. The van der Waals surface area contributed by atoms with Crippen molar-refractivity contribution in [3.05, 3.63) is 30.1 Å². The third kappa shape index (κ3) is 2.42. The highest BCUT2D eigenvalue weighted by molar-refractivity contribution is 8.00. The minimum absolute atomic E-state index is 0.320. The third-order valence-corrected chi connectivity index (χ3v) is 5.15. The van der Waals surface area contributed by atoms with Crippen molar-refractivity contribution in [3.63, 3.8) is 0 Å². The van der Waals surface area contributed by atoms with Gasteiger partial charge in [-0.05, 0) is 38.5 Å².